The maximum atomic E-state index is 13.1. The normalized spacial score (nSPS) is 17.3. The first-order chi connectivity index (χ1) is 14.4. The molecule has 1 aromatic carbocycles. The van der Waals surface area contributed by atoms with Gasteiger partial charge in [-0.05, 0) is 44.7 Å². The van der Waals surface area contributed by atoms with Crippen molar-refractivity contribution in [3.63, 3.8) is 0 Å². The number of carbonyl (C=O) groups is 3. The summed E-state index contributed by atoms with van der Waals surface area (Å²) in [6, 6.07) is 4.49. The Morgan fingerprint density at radius 1 is 1.06 bits per heavy atom. The van der Waals surface area contributed by atoms with Gasteiger partial charge in [-0.1, -0.05) is 31.5 Å². The van der Waals surface area contributed by atoms with E-state index in [2.05, 4.69) is 10.0 Å². The molecule has 31 heavy (non-hydrogen) atoms. The van der Waals surface area contributed by atoms with Crippen LogP contribution in [0.4, 0.5) is 0 Å². The van der Waals surface area contributed by atoms with Gasteiger partial charge in [0.2, 0.25) is 21.8 Å². The summed E-state index contributed by atoms with van der Waals surface area (Å²) in [5.41, 5.74) is 0.931. The highest BCUT2D eigenvalue weighted by Gasteiger charge is 2.35. The number of aliphatic carboxylic acids is 1. The van der Waals surface area contributed by atoms with Crippen molar-refractivity contribution in [3.8, 4) is 0 Å². The number of hydrogen-bond donors (Lipinski definition) is 3. The monoisotopic (exact) mass is 453 g/mol. The Morgan fingerprint density at radius 2 is 1.61 bits per heavy atom. The van der Waals surface area contributed by atoms with Crippen LogP contribution < -0.4 is 10.0 Å². The minimum Gasteiger partial charge on any atom is -0.480 e. The fraction of sp³-hybridized carbons (Fsp3) is 0.571. The predicted molar refractivity (Wildman–Crippen MR) is 115 cm³/mol. The van der Waals surface area contributed by atoms with Crippen LogP contribution in [0.2, 0.25) is 0 Å². The van der Waals surface area contributed by atoms with Crippen molar-refractivity contribution in [1.29, 1.82) is 0 Å². The Kier molecular flexibility index (Phi) is 8.19. The molecule has 1 heterocycles. The van der Waals surface area contributed by atoms with Crippen LogP contribution in [0.1, 0.15) is 39.2 Å². The maximum Gasteiger partial charge on any atom is 0.325 e. The van der Waals surface area contributed by atoms with Gasteiger partial charge in [-0.3, -0.25) is 14.4 Å². The number of rotatable bonds is 8. The van der Waals surface area contributed by atoms with Crippen LogP contribution in [-0.4, -0.2) is 61.4 Å². The summed E-state index contributed by atoms with van der Waals surface area (Å²) in [4.78, 5) is 37.9. The molecule has 0 bridgehead atoms. The second-order valence-corrected chi connectivity index (χ2v) is 10.0. The topological polar surface area (TPSA) is 133 Å². The van der Waals surface area contributed by atoms with Crippen LogP contribution in [0.3, 0.4) is 0 Å². The number of carboxylic acid groups (broad SMARTS) is 1. The molecule has 0 aromatic heterocycles. The van der Waals surface area contributed by atoms with Gasteiger partial charge in [0.15, 0.2) is 0 Å². The molecule has 172 valence electrons. The first kappa shape index (κ1) is 24.8. The van der Waals surface area contributed by atoms with Crippen LogP contribution in [0.25, 0.3) is 0 Å². The van der Waals surface area contributed by atoms with Crippen molar-refractivity contribution < 1.29 is 27.9 Å². The lowest BCUT2D eigenvalue weighted by Crippen LogP contribution is -2.54. The number of benzene rings is 1. The molecular formula is C21H31N3O6S. The van der Waals surface area contributed by atoms with Gasteiger partial charge >= 0.3 is 5.97 Å². The fourth-order valence-electron chi connectivity index (χ4n) is 3.38. The quantitative estimate of drug-likeness (QED) is 0.540. The number of likely N-dealkylation sites (tertiary alicyclic amines) is 1. The van der Waals surface area contributed by atoms with Crippen molar-refractivity contribution in [2.75, 3.05) is 13.1 Å². The van der Waals surface area contributed by atoms with Crippen molar-refractivity contribution in [3.05, 3.63) is 29.8 Å². The Bertz CT molecular complexity index is 906. The molecule has 1 fully saturated rings. The number of nitrogens with one attached hydrogen (secondary N) is 2. The van der Waals surface area contributed by atoms with E-state index in [-0.39, 0.29) is 28.5 Å². The average molecular weight is 454 g/mol. The second kappa shape index (κ2) is 10.2. The smallest absolute Gasteiger partial charge is 0.325 e. The van der Waals surface area contributed by atoms with E-state index < -0.39 is 28.1 Å². The lowest BCUT2D eigenvalue weighted by atomic mass is 9.94. The summed E-state index contributed by atoms with van der Waals surface area (Å²) in [5.74, 6) is -2.44. The van der Waals surface area contributed by atoms with Gasteiger partial charge in [0.05, 0.1) is 4.90 Å². The predicted octanol–water partition coefficient (Wildman–Crippen LogP) is 1.13. The second-order valence-electron chi connectivity index (χ2n) is 8.32. The van der Waals surface area contributed by atoms with E-state index in [1.54, 1.807) is 30.9 Å². The van der Waals surface area contributed by atoms with Gasteiger partial charge in [0.1, 0.15) is 12.1 Å². The molecular weight excluding hydrogens is 422 g/mol. The van der Waals surface area contributed by atoms with E-state index in [9.17, 15) is 22.8 Å². The van der Waals surface area contributed by atoms with Crippen molar-refractivity contribution >= 4 is 27.8 Å². The number of nitrogens with zero attached hydrogens (tertiary/aromatic N) is 1. The molecule has 0 unspecified atom stereocenters. The molecule has 2 atom stereocenters. The van der Waals surface area contributed by atoms with Gasteiger partial charge in [0, 0.05) is 19.0 Å². The van der Waals surface area contributed by atoms with Gasteiger partial charge in [-0.2, -0.15) is 4.72 Å². The third-order valence-electron chi connectivity index (χ3n) is 5.45. The molecule has 10 heteroatoms. The lowest BCUT2D eigenvalue weighted by Gasteiger charge is -2.35. The van der Waals surface area contributed by atoms with Crippen LogP contribution in [0.5, 0.6) is 0 Å². The third-order valence-corrected chi connectivity index (χ3v) is 6.91. The van der Waals surface area contributed by atoms with E-state index in [1.165, 1.54) is 19.1 Å². The molecule has 1 aliphatic heterocycles. The number of piperidine rings is 1. The van der Waals surface area contributed by atoms with Gasteiger partial charge < -0.3 is 15.3 Å². The Hall–Kier alpha value is -2.46. The SMILES string of the molecule is Cc1ccc(S(=O)(=O)N[C@H](C(=O)N2CCC(C(=O)N[C@@H](C)C(=O)O)CC2)C(C)C)cc1. The molecule has 3 N–H and O–H groups in total. The largest absolute Gasteiger partial charge is 0.480 e. The summed E-state index contributed by atoms with van der Waals surface area (Å²) >= 11 is 0. The van der Waals surface area contributed by atoms with Crippen LogP contribution >= 0.6 is 0 Å². The summed E-state index contributed by atoms with van der Waals surface area (Å²) in [6.07, 6.45) is 0.777. The molecule has 1 aromatic rings. The molecule has 2 rings (SSSR count). The summed E-state index contributed by atoms with van der Waals surface area (Å²) in [7, 11) is -3.87. The Balaban J connectivity index is 2.02. The number of hydrogen-bond acceptors (Lipinski definition) is 5. The molecule has 1 saturated heterocycles. The van der Waals surface area contributed by atoms with Crippen molar-refractivity contribution in [2.24, 2.45) is 11.8 Å². The van der Waals surface area contributed by atoms with Crippen molar-refractivity contribution in [2.45, 2.75) is 57.5 Å². The molecule has 1 aliphatic rings. The van der Waals surface area contributed by atoms with E-state index in [0.717, 1.165) is 5.56 Å². The third kappa shape index (κ3) is 6.51. The molecule has 0 aliphatic carbocycles. The first-order valence-electron chi connectivity index (χ1n) is 10.3. The van der Waals surface area contributed by atoms with E-state index in [4.69, 9.17) is 5.11 Å². The minimum atomic E-state index is -3.87. The molecule has 0 radical (unpaired) electrons. The maximum absolute atomic E-state index is 13.1. The molecule has 9 nitrogen and oxygen atoms in total. The van der Waals surface area contributed by atoms with Crippen molar-refractivity contribution in [1.82, 2.24) is 14.9 Å². The van der Waals surface area contributed by atoms with Crippen LogP contribution in [0, 0.1) is 18.8 Å². The van der Waals surface area contributed by atoms with Gasteiger partial charge in [-0.25, -0.2) is 8.42 Å². The number of amides is 2. The average Bonchev–Trinajstić information content (AvgIpc) is 2.71. The Labute approximate surface area is 183 Å². The highest BCUT2D eigenvalue weighted by Crippen LogP contribution is 2.21. The number of carbonyl (C=O) groups excluding carboxylic acids is 2. The zero-order valence-corrected chi connectivity index (χ0v) is 19.1. The highest BCUT2D eigenvalue weighted by molar-refractivity contribution is 7.89. The van der Waals surface area contributed by atoms with Gasteiger partial charge in [-0.15, -0.1) is 0 Å². The zero-order valence-electron chi connectivity index (χ0n) is 18.3. The standard InChI is InChI=1S/C21H31N3O6S/c1-13(2)18(23-31(29,30)17-7-5-14(3)6-8-17)20(26)24-11-9-16(10-12-24)19(25)22-15(4)21(27)28/h5-8,13,15-16,18,23H,9-12H2,1-4H3,(H,22,25)(H,27,28)/t15-,18-/m0/s1. The molecule has 0 spiro atoms. The van der Waals surface area contributed by atoms with Crippen LogP contribution in [-0.2, 0) is 24.4 Å². The Morgan fingerprint density at radius 3 is 2.10 bits per heavy atom. The highest BCUT2D eigenvalue weighted by atomic mass is 32.2. The summed E-state index contributed by atoms with van der Waals surface area (Å²) < 4.78 is 28.1. The van der Waals surface area contributed by atoms with E-state index in [0.29, 0.717) is 25.9 Å². The number of sulfonamides is 1. The number of carboxylic acids is 1. The first-order valence-corrected chi connectivity index (χ1v) is 11.8. The lowest BCUT2D eigenvalue weighted by molar-refractivity contribution is -0.142. The van der Waals surface area contributed by atoms with E-state index in [1.807, 2.05) is 6.92 Å². The minimum absolute atomic E-state index is 0.0967. The number of aryl methyl sites for hydroxylation is 1. The molecule has 2 amide bonds. The van der Waals surface area contributed by atoms with E-state index >= 15 is 0 Å². The zero-order chi connectivity index (χ0) is 23.3. The molecule has 0 saturated carbocycles. The van der Waals surface area contributed by atoms with Crippen LogP contribution in [0.15, 0.2) is 29.2 Å². The summed E-state index contributed by atoms with van der Waals surface area (Å²) in [5, 5.41) is 11.4. The summed E-state index contributed by atoms with van der Waals surface area (Å²) in [6.45, 7) is 7.39. The van der Waals surface area contributed by atoms with Gasteiger partial charge in [0.25, 0.3) is 0 Å². The fourth-order valence-corrected chi connectivity index (χ4v) is 4.71.